The molecule has 0 radical (unpaired) electrons. The van der Waals surface area contributed by atoms with Gasteiger partial charge in [0.25, 0.3) is 0 Å². The highest BCUT2D eigenvalue weighted by molar-refractivity contribution is 5.30. The summed E-state index contributed by atoms with van der Waals surface area (Å²) >= 11 is 0. The van der Waals surface area contributed by atoms with E-state index in [0.29, 0.717) is 11.5 Å². The molecule has 0 amide bonds. The highest BCUT2D eigenvalue weighted by Crippen LogP contribution is 1.92. The van der Waals surface area contributed by atoms with E-state index in [9.17, 15) is 0 Å². The smallest absolute Gasteiger partial charge is 0.194 e. The standard InChI is InChI=1S/C5H5N5/c1-4-8-5-2-6-3-7-10(5)9-4/h2-3H,1H3. The van der Waals surface area contributed by atoms with Gasteiger partial charge in [-0.05, 0) is 6.92 Å². The molecule has 0 spiro atoms. The number of rotatable bonds is 0. The summed E-state index contributed by atoms with van der Waals surface area (Å²) in [5, 5.41) is 7.80. The third-order valence-corrected chi connectivity index (χ3v) is 1.14. The van der Waals surface area contributed by atoms with Crippen molar-refractivity contribution in [1.82, 2.24) is 24.8 Å². The van der Waals surface area contributed by atoms with Gasteiger partial charge in [0.15, 0.2) is 11.5 Å². The minimum atomic E-state index is 0.681. The van der Waals surface area contributed by atoms with Crippen molar-refractivity contribution < 1.29 is 0 Å². The predicted molar refractivity (Wildman–Crippen MR) is 33.3 cm³/mol. The van der Waals surface area contributed by atoms with E-state index in [1.54, 1.807) is 6.20 Å². The van der Waals surface area contributed by atoms with Crippen molar-refractivity contribution in [2.75, 3.05) is 0 Å². The third-order valence-electron chi connectivity index (χ3n) is 1.14. The number of nitrogens with zero attached hydrogens (tertiary/aromatic N) is 5. The van der Waals surface area contributed by atoms with Crippen LogP contribution in [0, 0.1) is 6.92 Å². The number of hydrogen-bond acceptors (Lipinski definition) is 4. The quantitative estimate of drug-likeness (QED) is 0.503. The van der Waals surface area contributed by atoms with Crippen LogP contribution in [0.3, 0.4) is 0 Å². The van der Waals surface area contributed by atoms with Crippen LogP contribution in [0.5, 0.6) is 0 Å². The summed E-state index contributed by atoms with van der Waals surface area (Å²) in [6, 6.07) is 0. The lowest BCUT2D eigenvalue weighted by atomic mass is 10.7. The van der Waals surface area contributed by atoms with Gasteiger partial charge < -0.3 is 0 Å². The maximum Gasteiger partial charge on any atom is 0.194 e. The minimum Gasteiger partial charge on any atom is -0.239 e. The molecule has 5 nitrogen and oxygen atoms in total. The number of fused-ring (bicyclic) bond motifs is 1. The summed E-state index contributed by atoms with van der Waals surface area (Å²) in [6.07, 6.45) is 3.05. The molecule has 2 rings (SSSR count). The van der Waals surface area contributed by atoms with Gasteiger partial charge in [0, 0.05) is 0 Å². The van der Waals surface area contributed by atoms with Crippen molar-refractivity contribution in [3.63, 3.8) is 0 Å². The topological polar surface area (TPSA) is 56.0 Å². The van der Waals surface area contributed by atoms with Crippen LogP contribution >= 0.6 is 0 Å². The molecule has 0 saturated heterocycles. The normalized spacial score (nSPS) is 10.5. The van der Waals surface area contributed by atoms with Crippen molar-refractivity contribution in [3.05, 3.63) is 18.3 Å². The van der Waals surface area contributed by atoms with Crippen LogP contribution in [0.15, 0.2) is 12.5 Å². The van der Waals surface area contributed by atoms with Crippen molar-refractivity contribution in [2.24, 2.45) is 0 Å². The lowest BCUT2D eigenvalue weighted by Crippen LogP contribution is -1.92. The van der Waals surface area contributed by atoms with Crippen LogP contribution in [-0.4, -0.2) is 24.8 Å². The molecule has 2 aromatic heterocycles. The zero-order valence-corrected chi connectivity index (χ0v) is 5.39. The van der Waals surface area contributed by atoms with Gasteiger partial charge in [-0.15, -0.1) is 14.8 Å². The van der Waals surface area contributed by atoms with Crippen LogP contribution in [0.2, 0.25) is 0 Å². The Morgan fingerprint density at radius 3 is 3.20 bits per heavy atom. The van der Waals surface area contributed by atoms with Crippen molar-refractivity contribution >= 4 is 5.65 Å². The maximum absolute atomic E-state index is 4.04. The molecule has 0 aromatic carbocycles. The molecule has 50 valence electrons. The molecule has 0 unspecified atom stereocenters. The summed E-state index contributed by atoms with van der Waals surface area (Å²) in [4.78, 5) is 7.83. The molecule has 10 heavy (non-hydrogen) atoms. The van der Waals surface area contributed by atoms with E-state index in [1.165, 1.54) is 11.0 Å². The van der Waals surface area contributed by atoms with E-state index < -0.39 is 0 Å². The Hall–Kier alpha value is -1.52. The molecular weight excluding hydrogens is 130 g/mol. The second-order valence-corrected chi connectivity index (χ2v) is 1.92. The minimum absolute atomic E-state index is 0.681. The van der Waals surface area contributed by atoms with E-state index in [2.05, 4.69) is 20.2 Å². The third kappa shape index (κ3) is 0.637. The summed E-state index contributed by atoms with van der Waals surface area (Å²) in [6.45, 7) is 1.81. The first-order valence-electron chi connectivity index (χ1n) is 2.86. The first kappa shape index (κ1) is 5.28. The van der Waals surface area contributed by atoms with Gasteiger partial charge in [-0.1, -0.05) is 0 Å². The predicted octanol–water partition coefficient (Wildman–Crippen LogP) is -0.172. The average Bonchev–Trinajstić information content (AvgIpc) is 2.27. The summed E-state index contributed by atoms with van der Waals surface area (Å²) in [5.41, 5.74) is 0.681. The summed E-state index contributed by atoms with van der Waals surface area (Å²) < 4.78 is 1.45. The number of aryl methyl sites for hydroxylation is 1. The van der Waals surface area contributed by atoms with Crippen molar-refractivity contribution in [2.45, 2.75) is 6.92 Å². The molecule has 0 N–H and O–H groups in total. The molecule has 0 bridgehead atoms. The maximum atomic E-state index is 4.04. The largest absolute Gasteiger partial charge is 0.239 e. The molecule has 0 saturated carbocycles. The Balaban J connectivity index is 2.88. The molecule has 0 aliphatic carbocycles. The Kier molecular flexibility index (Phi) is 0.913. The van der Waals surface area contributed by atoms with Crippen LogP contribution < -0.4 is 0 Å². The fourth-order valence-corrected chi connectivity index (χ4v) is 0.765. The van der Waals surface area contributed by atoms with Crippen LogP contribution in [-0.2, 0) is 0 Å². The fourth-order valence-electron chi connectivity index (χ4n) is 0.765. The van der Waals surface area contributed by atoms with E-state index in [4.69, 9.17) is 0 Å². The zero-order chi connectivity index (χ0) is 6.97. The molecule has 0 aliphatic heterocycles. The van der Waals surface area contributed by atoms with Crippen LogP contribution in [0.25, 0.3) is 5.65 Å². The van der Waals surface area contributed by atoms with Gasteiger partial charge in [0.1, 0.15) is 6.33 Å². The lowest BCUT2D eigenvalue weighted by molar-refractivity contribution is 0.770. The Labute approximate surface area is 56.7 Å². The summed E-state index contributed by atoms with van der Waals surface area (Å²) in [7, 11) is 0. The molecule has 2 heterocycles. The Bertz CT molecular complexity index is 319. The van der Waals surface area contributed by atoms with Gasteiger partial charge in [-0.25, -0.2) is 9.97 Å². The fraction of sp³-hybridized carbons (Fsp3) is 0.200. The first-order valence-corrected chi connectivity index (χ1v) is 2.86. The number of hydrogen-bond donors (Lipinski definition) is 0. The van der Waals surface area contributed by atoms with Gasteiger partial charge >= 0.3 is 0 Å². The van der Waals surface area contributed by atoms with Crippen molar-refractivity contribution in [3.8, 4) is 0 Å². The van der Waals surface area contributed by atoms with Gasteiger partial charge in [-0.2, -0.15) is 0 Å². The molecular formula is C5H5N5. The monoisotopic (exact) mass is 135 g/mol. The number of aromatic nitrogens is 5. The Morgan fingerprint density at radius 2 is 2.40 bits per heavy atom. The van der Waals surface area contributed by atoms with Gasteiger partial charge in [0.05, 0.1) is 6.20 Å². The zero-order valence-electron chi connectivity index (χ0n) is 5.39. The van der Waals surface area contributed by atoms with Gasteiger partial charge in [-0.3, -0.25) is 0 Å². The van der Waals surface area contributed by atoms with Crippen LogP contribution in [0.1, 0.15) is 5.82 Å². The Morgan fingerprint density at radius 1 is 1.50 bits per heavy atom. The molecule has 5 heteroatoms. The second-order valence-electron chi connectivity index (χ2n) is 1.92. The van der Waals surface area contributed by atoms with E-state index in [0.717, 1.165) is 0 Å². The van der Waals surface area contributed by atoms with E-state index >= 15 is 0 Å². The van der Waals surface area contributed by atoms with Crippen LogP contribution in [0.4, 0.5) is 0 Å². The SMILES string of the molecule is Cc1nc2cncnn2n1. The van der Waals surface area contributed by atoms with Crippen molar-refractivity contribution in [1.29, 1.82) is 0 Å². The van der Waals surface area contributed by atoms with Gasteiger partial charge in [0.2, 0.25) is 0 Å². The van der Waals surface area contributed by atoms with E-state index in [1.807, 2.05) is 6.92 Å². The first-order chi connectivity index (χ1) is 4.86. The summed E-state index contributed by atoms with van der Waals surface area (Å²) in [5.74, 6) is 0.709. The highest BCUT2D eigenvalue weighted by atomic mass is 15.5. The highest BCUT2D eigenvalue weighted by Gasteiger charge is 1.96. The molecule has 0 atom stereocenters. The molecule has 2 aromatic rings. The average molecular weight is 135 g/mol. The molecule has 0 fully saturated rings. The van der Waals surface area contributed by atoms with E-state index in [-0.39, 0.29) is 0 Å². The molecule has 0 aliphatic rings. The second kappa shape index (κ2) is 1.73. The lowest BCUT2D eigenvalue weighted by Gasteiger charge is -1.82.